The van der Waals surface area contributed by atoms with E-state index in [2.05, 4.69) is 10.2 Å². The number of piperidine rings is 2. The monoisotopic (exact) mass is 385 g/mol. The van der Waals surface area contributed by atoms with Crippen LogP contribution in [0.15, 0.2) is 24.3 Å². The van der Waals surface area contributed by atoms with E-state index >= 15 is 0 Å². The molecule has 0 saturated carbocycles. The summed E-state index contributed by atoms with van der Waals surface area (Å²) in [4.78, 5) is 29.6. The van der Waals surface area contributed by atoms with Crippen molar-refractivity contribution in [3.05, 3.63) is 24.3 Å². The zero-order valence-electron chi connectivity index (χ0n) is 16.7. The number of nitrogens with one attached hydrogen (secondary N) is 1. The summed E-state index contributed by atoms with van der Waals surface area (Å²) in [6.07, 6.45) is 6.57. The van der Waals surface area contributed by atoms with Crippen molar-refractivity contribution >= 4 is 17.5 Å². The van der Waals surface area contributed by atoms with Gasteiger partial charge in [0.25, 0.3) is 0 Å². The second-order valence-corrected chi connectivity index (χ2v) is 8.35. The van der Waals surface area contributed by atoms with Gasteiger partial charge < -0.3 is 19.9 Å². The minimum Gasteiger partial charge on any atom is -0.497 e. The highest BCUT2D eigenvalue weighted by molar-refractivity contribution is 6.00. The van der Waals surface area contributed by atoms with Crippen molar-refractivity contribution in [3.63, 3.8) is 0 Å². The summed E-state index contributed by atoms with van der Waals surface area (Å²) in [5.41, 5.74) is 0.796. The zero-order chi connectivity index (χ0) is 19.5. The van der Waals surface area contributed by atoms with Crippen LogP contribution in [-0.2, 0) is 9.59 Å². The van der Waals surface area contributed by atoms with E-state index in [1.54, 1.807) is 12.0 Å². The number of benzene rings is 1. The Labute approximate surface area is 167 Å². The molecule has 1 N–H and O–H groups in total. The third-order valence-corrected chi connectivity index (χ3v) is 6.63. The van der Waals surface area contributed by atoms with Gasteiger partial charge in [-0.05, 0) is 56.8 Å². The molecular formula is C22H31N3O3. The lowest BCUT2D eigenvalue weighted by molar-refractivity contribution is -0.126. The fourth-order valence-electron chi connectivity index (χ4n) is 5.10. The molecule has 3 fully saturated rings. The van der Waals surface area contributed by atoms with Gasteiger partial charge in [0.2, 0.25) is 11.8 Å². The van der Waals surface area contributed by atoms with Gasteiger partial charge in [0, 0.05) is 37.3 Å². The van der Waals surface area contributed by atoms with E-state index in [0.29, 0.717) is 24.3 Å². The van der Waals surface area contributed by atoms with Gasteiger partial charge in [-0.2, -0.15) is 0 Å². The Morgan fingerprint density at radius 1 is 1.21 bits per heavy atom. The van der Waals surface area contributed by atoms with Gasteiger partial charge in [-0.15, -0.1) is 0 Å². The van der Waals surface area contributed by atoms with Crippen molar-refractivity contribution in [3.8, 4) is 5.75 Å². The van der Waals surface area contributed by atoms with Crippen LogP contribution in [0.5, 0.6) is 5.75 Å². The molecule has 0 bridgehead atoms. The van der Waals surface area contributed by atoms with Gasteiger partial charge in [-0.1, -0.05) is 12.5 Å². The number of hydrogen-bond acceptors (Lipinski definition) is 4. The summed E-state index contributed by atoms with van der Waals surface area (Å²) in [6, 6.07) is 8.08. The number of anilines is 1. The van der Waals surface area contributed by atoms with Gasteiger partial charge in [0.1, 0.15) is 5.75 Å². The van der Waals surface area contributed by atoms with E-state index in [1.807, 2.05) is 24.3 Å². The number of ether oxygens (including phenoxy) is 1. The quantitative estimate of drug-likeness (QED) is 0.846. The first kappa shape index (κ1) is 19.2. The first-order valence-electron chi connectivity index (χ1n) is 10.6. The van der Waals surface area contributed by atoms with Crippen molar-refractivity contribution in [2.75, 3.05) is 38.2 Å². The van der Waals surface area contributed by atoms with E-state index in [9.17, 15) is 9.59 Å². The molecule has 3 aliphatic heterocycles. The number of fused-ring (bicyclic) bond motifs is 1. The van der Waals surface area contributed by atoms with E-state index < -0.39 is 0 Å². The molecule has 0 unspecified atom stereocenters. The Morgan fingerprint density at radius 2 is 2.07 bits per heavy atom. The van der Waals surface area contributed by atoms with Crippen molar-refractivity contribution in [2.45, 2.75) is 44.6 Å². The highest BCUT2D eigenvalue weighted by Crippen LogP contribution is 2.31. The Balaban J connectivity index is 1.33. The fraction of sp³-hybridized carbons (Fsp3) is 0.636. The molecule has 6 nitrogen and oxygen atoms in total. The smallest absolute Gasteiger partial charge is 0.227 e. The number of carbonyl (C=O) groups is 2. The number of methoxy groups -OCH3 is 1. The molecule has 4 rings (SSSR count). The molecule has 2 amide bonds. The van der Waals surface area contributed by atoms with Crippen LogP contribution >= 0.6 is 0 Å². The molecule has 3 aliphatic rings. The average Bonchev–Trinajstić information content (AvgIpc) is 3.13. The van der Waals surface area contributed by atoms with Crippen molar-refractivity contribution in [2.24, 2.45) is 11.8 Å². The molecule has 3 heterocycles. The number of carbonyl (C=O) groups excluding carboxylic acids is 2. The predicted octanol–water partition coefficient (Wildman–Crippen LogP) is 2.43. The van der Waals surface area contributed by atoms with Crippen LogP contribution in [-0.4, -0.2) is 56.0 Å². The molecule has 3 saturated heterocycles. The lowest BCUT2D eigenvalue weighted by Crippen LogP contribution is -2.51. The Bertz CT molecular complexity index is 721. The third kappa shape index (κ3) is 4.02. The normalized spacial score (nSPS) is 28.1. The second kappa shape index (κ2) is 8.52. The molecule has 0 spiro atoms. The van der Waals surface area contributed by atoms with E-state index in [1.165, 1.54) is 45.2 Å². The first-order chi connectivity index (χ1) is 13.7. The Hall–Kier alpha value is -2.08. The summed E-state index contributed by atoms with van der Waals surface area (Å²) in [5.74, 6) is 1.01. The summed E-state index contributed by atoms with van der Waals surface area (Å²) >= 11 is 0. The molecule has 3 atom stereocenters. The number of rotatable bonds is 5. The highest BCUT2D eigenvalue weighted by atomic mass is 16.5. The van der Waals surface area contributed by atoms with Crippen molar-refractivity contribution in [1.29, 1.82) is 0 Å². The SMILES string of the molecule is COc1cccc(N2C[C@@H](C(=O)NC[C@H]3CCCN4CCCC[C@H]34)CC2=O)c1. The summed E-state index contributed by atoms with van der Waals surface area (Å²) in [5, 5.41) is 3.17. The largest absolute Gasteiger partial charge is 0.497 e. The van der Waals surface area contributed by atoms with Gasteiger partial charge >= 0.3 is 0 Å². The topological polar surface area (TPSA) is 61.9 Å². The van der Waals surface area contributed by atoms with E-state index in [0.717, 1.165) is 12.2 Å². The minimum atomic E-state index is -0.273. The summed E-state index contributed by atoms with van der Waals surface area (Å²) < 4.78 is 5.25. The Morgan fingerprint density at radius 3 is 2.93 bits per heavy atom. The molecule has 1 aromatic rings. The predicted molar refractivity (Wildman–Crippen MR) is 108 cm³/mol. The summed E-state index contributed by atoms with van der Waals surface area (Å²) in [6.45, 7) is 3.60. The minimum absolute atomic E-state index is 0.00419. The number of amides is 2. The van der Waals surface area contributed by atoms with Gasteiger partial charge in [-0.3, -0.25) is 9.59 Å². The maximum Gasteiger partial charge on any atom is 0.227 e. The maximum atomic E-state index is 12.8. The molecule has 1 aromatic carbocycles. The van der Waals surface area contributed by atoms with Gasteiger partial charge in [0.05, 0.1) is 13.0 Å². The van der Waals surface area contributed by atoms with Crippen LogP contribution in [0.1, 0.15) is 38.5 Å². The molecule has 0 aliphatic carbocycles. The molecular weight excluding hydrogens is 354 g/mol. The lowest BCUT2D eigenvalue weighted by atomic mass is 9.83. The van der Waals surface area contributed by atoms with Crippen LogP contribution in [0.25, 0.3) is 0 Å². The molecule has 28 heavy (non-hydrogen) atoms. The van der Waals surface area contributed by atoms with Crippen LogP contribution < -0.4 is 15.0 Å². The Kier molecular flexibility index (Phi) is 5.85. The van der Waals surface area contributed by atoms with Crippen molar-refractivity contribution < 1.29 is 14.3 Å². The first-order valence-corrected chi connectivity index (χ1v) is 10.6. The van der Waals surface area contributed by atoms with E-state index in [-0.39, 0.29) is 24.2 Å². The van der Waals surface area contributed by atoms with Crippen LogP contribution in [0.2, 0.25) is 0 Å². The van der Waals surface area contributed by atoms with Crippen LogP contribution in [0.3, 0.4) is 0 Å². The molecule has 0 aromatic heterocycles. The molecule has 0 radical (unpaired) electrons. The zero-order valence-corrected chi connectivity index (χ0v) is 16.7. The number of hydrogen-bond donors (Lipinski definition) is 1. The standard InChI is InChI=1S/C22H31N3O3/c1-28-19-8-4-7-18(13-19)25-15-17(12-21(25)26)22(27)23-14-16-6-5-11-24-10-3-2-9-20(16)24/h4,7-8,13,16-17,20H,2-3,5-6,9-12,14-15H2,1H3,(H,23,27)/t16-,17+,20-/m1/s1. The van der Waals surface area contributed by atoms with Gasteiger partial charge in [-0.25, -0.2) is 0 Å². The third-order valence-electron chi connectivity index (χ3n) is 6.63. The number of nitrogens with zero attached hydrogens (tertiary/aromatic N) is 2. The molecule has 6 heteroatoms. The highest BCUT2D eigenvalue weighted by Gasteiger charge is 2.37. The van der Waals surface area contributed by atoms with E-state index in [4.69, 9.17) is 4.74 Å². The van der Waals surface area contributed by atoms with Gasteiger partial charge in [0.15, 0.2) is 0 Å². The summed E-state index contributed by atoms with van der Waals surface area (Å²) in [7, 11) is 1.61. The van der Waals surface area contributed by atoms with Crippen molar-refractivity contribution in [1.82, 2.24) is 10.2 Å². The average molecular weight is 386 g/mol. The lowest BCUT2D eigenvalue weighted by Gasteiger charge is -2.44. The second-order valence-electron chi connectivity index (χ2n) is 8.35. The maximum absolute atomic E-state index is 12.8. The van der Waals surface area contributed by atoms with Crippen LogP contribution in [0, 0.1) is 11.8 Å². The fourth-order valence-corrected chi connectivity index (χ4v) is 5.10. The molecule has 152 valence electrons. The van der Waals surface area contributed by atoms with Crippen LogP contribution in [0.4, 0.5) is 5.69 Å².